The molecule has 0 spiro atoms. The number of nitrogen functional groups attached to an aromatic ring is 1. The van der Waals surface area contributed by atoms with Gasteiger partial charge in [0.1, 0.15) is 29.1 Å². The van der Waals surface area contributed by atoms with E-state index in [0.29, 0.717) is 28.9 Å². The van der Waals surface area contributed by atoms with Gasteiger partial charge in [0.15, 0.2) is 0 Å². The average Bonchev–Trinajstić information content (AvgIpc) is 3.28. The van der Waals surface area contributed by atoms with E-state index in [4.69, 9.17) is 5.84 Å². The first kappa shape index (κ1) is 13.7. The molecular formula is C14H15F2N5. The second-order valence-electron chi connectivity index (χ2n) is 5.07. The third kappa shape index (κ3) is 2.78. The number of anilines is 3. The largest absolute Gasteiger partial charge is 0.337 e. The zero-order valence-electron chi connectivity index (χ0n) is 11.5. The number of nitrogens with zero attached hydrogens (tertiary/aromatic N) is 2. The molecule has 1 heterocycles. The highest BCUT2D eigenvalue weighted by atomic mass is 19.1. The van der Waals surface area contributed by atoms with Crippen molar-refractivity contribution >= 4 is 17.3 Å². The van der Waals surface area contributed by atoms with E-state index < -0.39 is 11.6 Å². The van der Waals surface area contributed by atoms with Gasteiger partial charge in [-0.2, -0.15) is 0 Å². The maximum Gasteiger partial charge on any atom is 0.149 e. The molecule has 1 aromatic heterocycles. The molecule has 1 aliphatic carbocycles. The number of benzene rings is 1. The summed E-state index contributed by atoms with van der Waals surface area (Å²) in [4.78, 5) is 8.77. The van der Waals surface area contributed by atoms with Crippen LogP contribution in [0.2, 0.25) is 0 Å². The van der Waals surface area contributed by atoms with Crippen LogP contribution in [-0.4, -0.2) is 9.97 Å². The van der Waals surface area contributed by atoms with Gasteiger partial charge >= 0.3 is 0 Å². The average molecular weight is 291 g/mol. The Morgan fingerprint density at radius 2 is 1.90 bits per heavy atom. The summed E-state index contributed by atoms with van der Waals surface area (Å²) in [5.74, 6) is 6.13. The minimum atomic E-state index is -0.678. The molecule has 110 valence electrons. The second-order valence-corrected chi connectivity index (χ2v) is 5.07. The van der Waals surface area contributed by atoms with Crippen molar-refractivity contribution < 1.29 is 8.78 Å². The Morgan fingerprint density at radius 3 is 2.52 bits per heavy atom. The number of aromatic nitrogens is 2. The number of nitrogens with two attached hydrogens (primary N) is 1. The highest BCUT2D eigenvalue weighted by Crippen LogP contribution is 2.39. The Hall–Kier alpha value is -2.28. The maximum absolute atomic E-state index is 13.7. The second kappa shape index (κ2) is 5.25. The van der Waals surface area contributed by atoms with Gasteiger partial charge in [0.2, 0.25) is 0 Å². The molecule has 0 amide bonds. The number of nitrogens with one attached hydrogen (secondary N) is 2. The van der Waals surface area contributed by atoms with Gasteiger partial charge in [0, 0.05) is 17.5 Å². The molecule has 21 heavy (non-hydrogen) atoms. The SMILES string of the molecule is Cc1c(NN)nc(C2CC2)nc1Nc1ccc(F)cc1F. The summed E-state index contributed by atoms with van der Waals surface area (Å²) in [6, 6.07) is 3.34. The van der Waals surface area contributed by atoms with Crippen molar-refractivity contribution in [2.75, 3.05) is 10.7 Å². The molecule has 0 atom stereocenters. The van der Waals surface area contributed by atoms with E-state index in [1.807, 2.05) is 0 Å². The van der Waals surface area contributed by atoms with Crippen LogP contribution in [0.5, 0.6) is 0 Å². The minimum Gasteiger partial charge on any atom is -0.337 e. The van der Waals surface area contributed by atoms with Crippen molar-refractivity contribution in [3.05, 3.63) is 41.2 Å². The molecule has 0 bridgehead atoms. The lowest BCUT2D eigenvalue weighted by atomic mass is 10.2. The van der Waals surface area contributed by atoms with Gasteiger partial charge in [0.05, 0.1) is 5.69 Å². The van der Waals surface area contributed by atoms with Crippen molar-refractivity contribution in [3.8, 4) is 0 Å². The number of hydrazine groups is 1. The monoisotopic (exact) mass is 291 g/mol. The van der Waals surface area contributed by atoms with E-state index in [1.165, 1.54) is 12.1 Å². The molecule has 1 fully saturated rings. The lowest BCUT2D eigenvalue weighted by molar-refractivity contribution is 0.586. The molecule has 0 aliphatic heterocycles. The Morgan fingerprint density at radius 1 is 1.19 bits per heavy atom. The minimum absolute atomic E-state index is 0.155. The van der Waals surface area contributed by atoms with Gasteiger partial charge in [-0.3, -0.25) is 0 Å². The molecule has 7 heteroatoms. The van der Waals surface area contributed by atoms with Crippen molar-refractivity contribution in [1.82, 2.24) is 9.97 Å². The van der Waals surface area contributed by atoms with Crippen LogP contribution in [0.25, 0.3) is 0 Å². The summed E-state index contributed by atoms with van der Waals surface area (Å²) < 4.78 is 26.7. The summed E-state index contributed by atoms with van der Waals surface area (Å²) in [6.45, 7) is 1.77. The van der Waals surface area contributed by atoms with E-state index in [2.05, 4.69) is 20.7 Å². The number of halogens is 2. The first-order chi connectivity index (χ1) is 10.1. The van der Waals surface area contributed by atoms with Crippen LogP contribution < -0.4 is 16.6 Å². The summed E-state index contributed by atoms with van der Waals surface area (Å²) in [5.41, 5.74) is 3.35. The molecule has 0 saturated heterocycles. The lowest BCUT2D eigenvalue weighted by Gasteiger charge is -2.14. The topological polar surface area (TPSA) is 75.9 Å². The highest BCUT2D eigenvalue weighted by molar-refractivity contribution is 5.65. The van der Waals surface area contributed by atoms with Crippen LogP contribution in [0, 0.1) is 18.6 Å². The molecule has 1 aliphatic rings. The Kier molecular flexibility index (Phi) is 3.42. The summed E-state index contributed by atoms with van der Waals surface area (Å²) in [7, 11) is 0. The Labute approximate surface area is 120 Å². The van der Waals surface area contributed by atoms with Crippen LogP contribution in [-0.2, 0) is 0 Å². The maximum atomic E-state index is 13.7. The fraction of sp³-hybridized carbons (Fsp3) is 0.286. The fourth-order valence-electron chi connectivity index (χ4n) is 2.04. The van der Waals surface area contributed by atoms with Gasteiger partial charge in [-0.25, -0.2) is 24.6 Å². The molecule has 2 aromatic rings. The summed E-state index contributed by atoms with van der Waals surface area (Å²) in [5, 5.41) is 2.88. The van der Waals surface area contributed by atoms with Gasteiger partial charge in [0.25, 0.3) is 0 Å². The van der Waals surface area contributed by atoms with E-state index >= 15 is 0 Å². The lowest BCUT2D eigenvalue weighted by Crippen LogP contribution is -2.14. The third-order valence-corrected chi connectivity index (χ3v) is 3.43. The van der Waals surface area contributed by atoms with Crippen LogP contribution >= 0.6 is 0 Å². The zero-order valence-corrected chi connectivity index (χ0v) is 11.5. The van der Waals surface area contributed by atoms with Gasteiger partial charge in [-0.15, -0.1) is 0 Å². The van der Waals surface area contributed by atoms with Crippen molar-refractivity contribution in [1.29, 1.82) is 0 Å². The molecular weight excluding hydrogens is 276 g/mol. The third-order valence-electron chi connectivity index (χ3n) is 3.43. The molecule has 0 radical (unpaired) electrons. The summed E-state index contributed by atoms with van der Waals surface area (Å²) in [6.07, 6.45) is 2.08. The Bertz CT molecular complexity index is 685. The smallest absolute Gasteiger partial charge is 0.149 e. The molecule has 1 saturated carbocycles. The number of rotatable bonds is 4. The number of hydrogen-bond acceptors (Lipinski definition) is 5. The van der Waals surface area contributed by atoms with E-state index in [-0.39, 0.29) is 5.69 Å². The van der Waals surface area contributed by atoms with Gasteiger partial charge in [-0.1, -0.05) is 0 Å². The number of hydrogen-bond donors (Lipinski definition) is 3. The van der Waals surface area contributed by atoms with Crippen molar-refractivity contribution in [2.45, 2.75) is 25.7 Å². The van der Waals surface area contributed by atoms with Gasteiger partial charge < -0.3 is 10.7 Å². The zero-order chi connectivity index (χ0) is 15.0. The molecule has 4 N–H and O–H groups in total. The first-order valence-electron chi connectivity index (χ1n) is 6.65. The quantitative estimate of drug-likeness (QED) is 0.596. The van der Waals surface area contributed by atoms with Crippen LogP contribution in [0.4, 0.5) is 26.1 Å². The van der Waals surface area contributed by atoms with Gasteiger partial charge in [-0.05, 0) is 31.9 Å². The highest BCUT2D eigenvalue weighted by Gasteiger charge is 2.28. The fourth-order valence-corrected chi connectivity index (χ4v) is 2.04. The molecule has 1 aromatic carbocycles. The predicted molar refractivity (Wildman–Crippen MR) is 76.2 cm³/mol. The van der Waals surface area contributed by atoms with E-state index in [9.17, 15) is 8.78 Å². The van der Waals surface area contributed by atoms with Crippen LogP contribution in [0.3, 0.4) is 0 Å². The van der Waals surface area contributed by atoms with Crippen LogP contribution in [0.15, 0.2) is 18.2 Å². The van der Waals surface area contributed by atoms with Crippen LogP contribution in [0.1, 0.15) is 30.1 Å². The van der Waals surface area contributed by atoms with E-state index in [1.54, 1.807) is 6.92 Å². The predicted octanol–water partition coefficient (Wildman–Crippen LogP) is 2.97. The van der Waals surface area contributed by atoms with Crippen molar-refractivity contribution in [2.24, 2.45) is 5.84 Å². The summed E-state index contributed by atoms with van der Waals surface area (Å²) >= 11 is 0. The standard InChI is InChI=1S/C14H15F2N5/c1-7-12(18-11-5-4-9(15)6-10(11)16)19-14(8-2-3-8)20-13(7)21-17/h4-6,8H,2-3,17H2,1H3,(H2,18,19,20,21). The molecule has 3 rings (SSSR count). The first-order valence-corrected chi connectivity index (χ1v) is 6.65. The normalized spacial score (nSPS) is 14.1. The molecule has 0 unspecified atom stereocenters. The molecule has 5 nitrogen and oxygen atoms in total. The van der Waals surface area contributed by atoms with E-state index in [0.717, 1.165) is 18.9 Å². The van der Waals surface area contributed by atoms with Crippen molar-refractivity contribution in [3.63, 3.8) is 0 Å². The Balaban J connectivity index is 1.98.